The molecule has 0 saturated heterocycles. The summed E-state index contributed by atoms with van der Waals surface area (Å²) in [4.78, 5) is 11.6. The van der Waals surface area contributed by atoms with Crippen molar-refractivity contribution in [1.82, 2.24) is 10.6 Å². The number of amides is 2. The third-order valence-electron chi connectivity index (χ3n) is 2.62. The largest absolute Gasteiger partial charge is 0.454 e. The Hall–Kier alpha value is -1.91. The molecule has 5 heteroatoms. The van der Waals surface area contributed by atoms with Crippen LogP contribution < -0.4 is 20.1 Å². The first-order valence-electron chi connectivity index (χ1n) is 6.38. The minimum Gasteiger partial charge on any atom is -0.454 e. The first kappa shape index (κ1) is 13.5. The maximum Gasteiger partial charge on any atom is 0.315 e. The fourth-order valence-corrected chi connectivity index (χ4v) is 1.80. The zero-order valence-corrected chi connectivity index (χ0v) is 11.6. The van der Waals surface area contributed by atoms with Crippen LogP contribution in [0.5, 0.6) is 11.5 Å². The van der Waals surface area contributed by atoms with Crippen molar-refractivity contribution in [2.24, 2.45) is 0 Å². The highest BCUT2D eigenvalue weighted by atomic mass is 16.7. The van der Waals surface area contributed by atoms with Crippen molar-refractivity contribution in [2.75, 3.05) is 13.3 Å². The number of rotatable bonds is 3. The van der Waals surface area contributed by atoms with E-state index < -0.39 is 0 Å². The van der Waals surface area contributed by atoms with Gasteiger partial charge in [0.1, 0.15) is 0 Å². The number of hydrogen-bond donors (Lipinski definition) is 2. The van der Waals surface area contributed by atoms with Gasteiger partial charge in [0, 0.05) is 12.1 Å². The van der Waals surface area contributed by atoms with Crippen LogP contribution in [-0.4, -0.2) is 24.9 Å². The fourth-order valence-electron chi connectivity index (χ4n) is 1.80. The van der Waals surface area contributed by atoms with Gasteiger partial charge in [-0.2, -0.15) is 0 Å². The maximum absolute atomic E-state index is 11.6. The third-order valence-corrected chi connectivity index (χ3v) is 2.62. The Bertz CT molecular complexity index is 466. The van der Waals surface area contributed by atoms with E-state index in [4.69, 9.17) is 9.47 Å². The van der Waals surface area contributed by atoms with Crippen LogP contribution in [0.25, 0.3) is 0 Å². The van der Waals surface area contributed by atoms with Gasteiger partial charge in [-0.3, -0.25) is 0 Å². The summed E-state index contributed by atoms with van der Waals surface area (Å²) in [7, 11) is 0. The minimum atomic E-state index is -0.219. The molecule has 5 nitrogen and oxygen atoms in total. The van der Waals surface area contributed by atoms with E-state index in [1.54, 1.807) is 0 Å². The molecule has 2 N–H and O–H groups in total. The summed E-state index contributed by atoms with van der Waals surface area (Å²) < 4.78 is 10.6. The average molecular weight is 264 g/mol. The highest BCUT2D eigenvalue weighted by molar-refractivity contribution is 5.74. The maximum atomic E-state index is 11.6. The number of hydrogen-bond acceptors (Lipinski definition) is 3. The normalized spacial score (nSPS) is 13.2. The summed E-state index contributed by atoms with van der Waals surface area (Å²) in [6.45, 7) is 6.71. The molecule has 1 aliphatic rings. The van der Waals surface area contributed by atoms with Crippen molar-refractivity contribution in [2.45, 2.75) is 32.7 Å². The molecule has 0 spiro atoms. The molecule has 2 amide bonds. The molecule has 19 heavy (non-hydrogen) atoms. The van der Waals surface area contributed by atoms with E-state index in [1.165, 1.54) is 0 Å². The quantitative estimate of drug-likeness (QED) is 0.878. The van der Waals surface area contributed by atoms with Gasteiger partial charge in [-0.05, 0) is 44.9 Å². The summed E-state index contributed by atoms with van der Waals surface area (Å²) in [6, 6.07) is 5.68. The van der Waals surface area contributed by atoms with E-state index in [0.717, 1.165) is 23.5 Å². The van der Waals surface area contributed by atoms with Crippen LogP contribution in [0.4, 0.5) is 4.79 Å². The molecule has 0 unspecified atom stereocenters. The molecule has 1 heterocycles. The van der Waals surface area contributed by atoms with Gasteiger partial charge in [0.25, 0.3) is 0 Å². The molecule has 0 aliphatic carbocycles. The topological polar surface area (TPSA) is 59.6 Å². The highest BCUT2D eigenvalue weighted by Crippen LogP contribution is 2.32. The number of urea groups is 1. The lowest BCUT2D eigenvalue weighted by Gasteiger charge is -2.20. The molecule has 1 aromatic rings. The average Bonchev–Trinajstić information content (AvgIpc) is 2.73. The lowest BCUT2D eigenvalue weighted by molar-refractivity contribution is 0.174. The fraction of sp³-hybridized carbons (Fsp3) is 0.500. The van der Waals surface area contributed by atoms with Gasteiger partial charge in [0.05, 0.1) is 0 Å². The van der Waals surface area contributed by atoms with E-state index in [-0.39, 0.29) is 18.4 Å². The second kappa shape index (κ2) is 5.38. The lowest BCUT2D eigenvalue weighted by Crippen LogP contribution is -2.46. The molecule has 1 aliphatic heterocycles. The van der Waals surface area contributed by atoms with Crippen molar-refractivity contribution in [3.63, 3.8) is 0 Å². The number of benzene rings is 1. The van der Waals surface area contributed by atoms with Gasteiger partial charge >= 0.3 is 6.03 Å². The molecule has 1 aromatic carbocycles. The summed E-state index contributed by atoms with van der Waals surface area (Å²) in [5.74, 6) is 1.55. The van der Waals surface area contributed by atoms with Crippen molar-refractivity contribution >= 4 is 6.03 Å². The summed E-state index contributed by atoms with van der Waals surface area (Å²) in [5, 5.41) is 5.69. The van der Waals surface area contributed by atoms with Gasteiger partial charge < -0.3 is 20.1 Å². The van der Waals surface area contributed by atoms with Gasteiger partial charge in [-0.1, -0.05) is 6.07 Å². The second-order valence-electron chi connectivity index (χ2n) is 5.57. The lowest BCUT2D eigenvalue weighted by atomic mass is 10.1. The second-order valence-corrected chi connectivity index (χ2v) is 5.57. The molecule has 0 saturated carbocycles. The first-order chi connectivity index (χ1) is 8.94. The monoisotopic (exact) mass is 264 g/mol. The molecule has 0 fully saturated rings. The van der Waals surface area contributed by atoms with E-state index >= 15 is 0 Å². The van der Waals surface area contributed by atoms with Crippen LogP contribution in [0.2, 0.25) is 0 Å². The Balaban J connectivity index is 1.78. The van der Waals surface area contributed by atoms with Crippen LogP contribution in [-0.2, 0) is 6.42 Å². The molecule has 0 radical (unpaired) electrons. The Morgan fingerprint density at radius 2 is 2.00 bits per heavy atom. The van der Waals surface area contributed by atoms with Crippen LogP contribution >= 0.6 is 0 Å². The van der Waals surface area contributed by atoms with E-state index in [9.17, 15) is 4.79 Å². The Morgan fingerprint density at radius 3 is 2.74 bits per heavy atom. The summed E-state index contributed by atoms with van der Waals surface area (Å²) in [5.41, 5.74) is 0.892. The zero-order chi connectivity index (χ0) is 13.9. The van der Waals surface area contributed by atoms with Gasteiger partial charge in [-0.25, -0.2) is 4.79 Å². The van der Waals surface area contributed by atoms with Gasteiger partial charge in [0.15, 0.2) is 11.5 Å². The van der Waals surface area contributed by atoms with E-state index in [1.807, 2.05) is 39.0 Å². The molecule has 104 valence electrons. The van der Waals surface area contributed by atoms with Crippen LogP contribution in [0, 0.1) is 0 Å². The number of carbonyl (C=O) groups is 1. The molecule has 0 bridgehead atoms. The molecular formula is C14H20N2O3. The zero-order valence-electron chi connectivity index (χ0n) is 11.6. The number of ether oxygens (including phenoxy) is 2. The predicted octanol–water partition coefficient (Wildman–Crippen LogP) is 2.06. The van der Waals surface area contributed by atoms with Gasteiger partial charge in [-0.15, -0.1) is 0 Å². The Labute approximate surface area is 113 Å². The van der Waals surface area contributed by atoms with Crippen LogP contribution in [0.3, 0.4) is 0 Å². The molecule has 0 aromatic heterocycles. The summed E-state index contributed by atoms with van der Waals surface area (Å²) in [6.07, 6.45) is 0.758. The van der Waals surface area contributed by atoms with E-state index in [2.05, 4.69) is 10.6 Å². The van der Waals surface area contributed by atoms with Crippen molar-refractivity contribution in [3.05, 3.63) is 23.8 Å². The number of carbonyl (C=O) groups excluding carboxylic acids is 1. The molecular weight excluding hydrogens is 244 g/mol. The first-order valence-corrected chi connectivity index (χ1v) is 6.38. The Morgan fingerprint density at radius 1 is 1.26 bits per heavy atom. The molecule has 0 atom stereocenters. The predicted molar refractivity (Wildman–Crippen MR) is 72.6 cm³/mol. The highest BCUT2D eigenvalue weighted by Gasteiger charge is 2.14. The third kappa shape index (κ3) is 4.05. The van der Waals surface area contributed by atoms with Crippen LogP contribution in [0.15, 0.2) is 18.2 Å². The smallest absolute Gasteiger partial charge is 0.315 e. The number of fused-ring (bicyclic) bond motifs is 1. The van der Waals surface area contributed by atoms with Gasteiger partial charge in [0.2, 0.25) is 6.79 Å². The number of nitrogens with one attached hydrogen (secondary N) is 2. The standard InChI is InChI=1S/C14H20N2O3/c1-14(2,3)16-13(17)15-7-6-10-4-5-11-12(8-10)19-9-18-11/h4-5,8H,6-7,9H2,1-3H3,(H2,15,16,17). The van der Waals surface area contributed by atoms with Crippen molar-refractivity contribution < 1.29 is 14.3 Å². The van der Waals surface area contributed by atoms with Crippen molar-refractivity contribution in [3.8, 4) is 11.5 Å². The SMILES string of the molecule is CC(C)(C)NC(=O)NCCc1ccc2c(c1)OCO2. The minimum absolute atomic E-state index is 0.145. The summed E-state index contributed by atoms with van der Waals surface area (Å²) >= 11 is 0. The molecule has 2 rings (SSSR count). The van der Waals surface area contributed by atoms with Crippen LogP contribution in [0.1, 0.15) is 26.3 Å². The van der Waals surface area contributed by atoms with E-state index in [0.29, 0.717) is 6.54 Å². The van der Waals surface area contributed by atoms with Crippen molar-refractivity contribution in [1.29, 1.82) is 0 Å². The Kier molecular flexibility index (Phi) is 3.83.